The quantitative estimate of drug-likeness (QED) is 0.826. The lowest BCUT2D eigenvalue weighted by Gasteiger charge is -2.39. The van der Waals surface area contributed by atoms with E-state index in [-0.39, 0.29) is 11.5 Å². The van der Waals surface area contributed by atoms with Crippen molar-refractivity contribution >= 4 is 11.6 Å². The number of hydrogen-bond donors (Lipinski definition) is 1. The molecule has 0 bridgehead atoms. The van der Waals surface area contributed by atoms with Crippen LogP contribution in [0.5, 0.6) is 0 Å². The van der Waals surface area contributed by atoms with Gasteiger partial charge in [-0.25, -0.2) is 4.39 Å². The van der Waals surface area contributed by atoms with Crippen molar-refractivity contribution in [2.45, 2.75) is 19.4 Å². The lowest BCUT2D eigenvalue weighted by Crippen LogP contribution is -2.53. The molecule has 1 aromatic rings. The largest absolute Gasteiger partial charge is 0.398 e. The van der Waals surface area contributed by atoms with Gasteiger partial charge >= 0.3 is 0 Å². The van der Waals surface area contributed by atoms with Crippen LogP contribution in [-0.4, -0.2) is 48.4 Å². The summed E-state index contributed by atoms with van der Waals surface area (Å²) in [6, 6.07) is 4.28. The summed E-state index contributed by atoms with van der Waals surface area (Å²) in [7, 11) is 2.06. The molecule has 0 saturated carbocycles. The highest BCUT2D eigenvalue weighted by molar-refractivity contribution is 5.99. The van der Waals surface area contributed by atoms with E-state index in [9.17, 15) is 9.18 Å². The molecule has 1 saturated heterocycles. The van der Waals surface area contributed by atoms with Gasteiger partial charge in [0.25, 0.3) is 5.91 Å². The number of halogens is 1. The molecule has 1 aromatic carbocycles. The van der Waals surface area contributed by atoms with Gasteiger partial charge < -0.3 is 10.6 Å². The molecule has 104 valence electrons. The number of nitrogen functional groups attached to an aromatic ring is 1. The highest BCUT2D eigenvalue weighted by Crippen LogP contribution is 2.19. The minimum Gasteiger partial charge on any atom is -0.398 e. The minimum atomic E-state index is -0.432. The van der Waals surface area contributed by atoms with Crippen molar-refractivity contribution in [1.82, 2.24) is 9.80 Å². The molecule has 2 rings (SSSR count). The number of hydrogen-bond acceptors (Lipinski definition) is 3. The zero-order valence-corrected chi connectivity index (χ0v) is 11.4. The Bertz CT molecular complexity index is 478. The lowest BCUT2D eigenvalue weighted by atomic mass is 10.1. The number of benzene rings is 1. The number of nitrogens with two attached hydrogens (primary N) is 1. The van der Waals surface area contributed by atoms with E-state index in [1.165, 1.54) is 18.2 Å². The molecule has 2 N–H and O–H groups in total. The van der Waals surface area contributed by atoms with Crippen molar-refractivity contribution in [3.8, 4) is 0 Å². The average Bonchev–Trinajstić information content (AvgIpc) is 2.41. The molecule has 4 nitrogen and oxygen atoms in total. The maximum absolute atomic E-state index is 13.2. The fourth-order valence-electron chi connectivity index (χ4n) is 2.46. The number of anilines is 1. The summed E-state index contributed by atoms with van der Waals surface area (Å²) in [4.78, 5) is 16.4. The van der Waals surface area contributed by atoms with Gasteiger partial charge in [0.05, 0.1) is 5.56 Å². The second kappa shape index (κ2) is 5.57. The van der Waals surface area contributed by atoms with E-state index in [0.29, 0.717) is 24.8 Å². The Hall–Kier alpha value is -1.62. The smallest absolute Gasteiger partial charge is 0.256 e. The summed E-state index contributed by atoms with van der Waals surface area (Å²) in [5.74, 6) is -0.609. The Morgan fingerprint density at radius 1 is 1.47 bits per heavy atom. The van der Waals surface area contributed by atoms with Crippen molar-refractivity contribution in [2.75, 3.05) is 32.4 Å². The van der Waals surface area contributed by atoms with E-state index in [2.05, 4.69) is 18.9 Å². The molecule has 1 heterocycles. The van der Waals surface area contributed by atoms with Gasteiger partial charge in [-0.2, -0.15) is 0 Å². The van der Waals surface area contributed by atoms with E-state index < -0.39 is 5.82 Å². The van der Waals surface area contributed by atoms with E-state index in [1.54, 1.807) is 4.90 Å². The highest BCUT2D eigenvalue weighted by Gasteiger charge is 2.27. The normalized spacial score (nSPS) is 20.6. The first-order valence-corrected chi connectivity index (χ1v) is 6.57. The molecular weight excluding hydrogens is 245 g/mol. The minimum absolute atomic E-state index is 0.177. The SMILES string of the molecule is CCC1CN(C(=O)c2cc(F)ccc2N)CCN1C. The molecule has 1 unspecified atom stereocenters. The third kappa shape index (κ3) is 2.87. The molecule has 1 atom stereocenters. The Kier molecular flexibility index (Phi) is 4.04. The molecule has 1 fully saturated rings. The molecule has 0 aliphatic carbocycles. The monoisotopic (exact) mass is 265 g/mol. The van der Waals surface area contributed by atoms with Crippen LogP contribution < -0.4 is 5.73 Å². The summed E-state index contributed by atoms with van der Waals surface area (Å²) in [5.41, 5.74) is 6.36. The van der Waals surface area contributed by atoms with Crippen molar-refractivity contribution in [2.24, 2.45) is 0 Å². The number of rotatable bonds is 2. The maximum atomic E-state index is 13.2. The van der Waals surface area contributed by atoms with Gasteiger partial charge in [-0.05, 0) is 31.7 Å². The van der Waals surface area contributed by atoms with Gasteiger partial charge in [0, 0.05) is 31.4 Å². The van der Waals surface area contributed by atoms with Crippen LogP contribution in [-0.2, 0) is 0 Å². The standard InChI is InChI=1S/C14H20FN3O/c1-3-11-9-18(7-6-17(11)2)14(19)12-8-10(15)4-5-13(12)16/h4-5,8,11H,3,6-7,9,16H2,1-2H3. The van der Waals surface area contributed by atoms with Crippen LogP contribution >= 0.6 is 0 Å². The fourth-order valence-corrected chi connectivity index (χ4v) is 2.46. The molecule has 5 heteroatoms. The molecule has 1 amide bonds. The predicted octanol–water partition coefficient (Wildman–Crippen LogP) is 1.57. The summed E-state index contributed by atoms with van der Waals surface area (Å²) in [5, 5.41) is 0. The topological polar surface area (TPSA) is 49.6 Å². The van der Waals surface area contributed by atoms with Gasteiger partial charge in [0.2, 0.25) is 0 Å². The Morgan fingerprint density at radius 3 is 2.89 bits per heavy atom. The van der Waals surface area contributed by atoms with Crippen LogP contribution in [0.1, 0.15) is 23.7 Å². The van der Waals surface area contributed by atoms with E-state index >= 15 is 0 Å². The second-order valence-electron chi connectivity index (χ2n) is 5.03. The summed E-state index contributed by atoms with van der Waals surface area (Å²) in [6.45, 7) is 4.26. The number of amides is 1. The lowest BCUT2D eigenvalue weighted by molar-refractivity contribution is 0.0542. The molecule has 0 spiro atoms. The maximum Gasteiger partial charge on any atom is 0.256 e. The van der Waals surface area contributed by atoms with Crippen molar-refractivity contribution in [3.05, 3.63) is 29.6 Å². The van der Waals surface area contributed by atoms with E-state index in [4.69, 9.17) is 5.73 Å². The number of carbonyl (C=O) groups is 1. The Balaban J connectivity index is 2.18. The van der Waals surface area contributed by atoms with Crippen molar-refractivity contribution < 1.29 is 9.18 Å². The van der Waals surface area contributed by atoms with Crippen molar-refractivity contribution in [1.29, 1.82) is 0 Å². The van der Waals surface area contributed by atoms with Crippen LogP contribution in [0.4, 0.5) is 10.1 Å². The molecule has 0 aromatic heterocycles. The van der Waals surface area contributed by atoms with Gasteiger partial charge in [0.15, 0.2) is 0 Å². The van der Waals surface area contributed by atoms with Crippen LogP contribution in [0.25, 0.3) is 0 Å². The Morgan fingerprint density at radius 2 is 2.21 bits per heavy atom. The predicted molar refractivity (Wildman–Crippen MR) is 73.4 cm³/mol. The summed E-state index contributed by atoms with van der Waals surface area (Å²) < 4.78 is 13.2. The van der Waals surface area contributed by atoms with Gasteiger partial charge in [-0.3, -0.25) is 9.69 Å². The zero-order valence-electron chi connectivity index (χ0n) is 11.4. The van der Waals surface area contributed by atoms with Crippen LogP contribution in [0.15, 0.2) is 18.2 Å². The summed E-state index contributed by atoms with van der Waals surface area (Å²) in [6.07, 6.45) is 0.985. The van der Waals surface area contributed by atoms with Crippen molar-refractivity contribution in [3.63, 3.8) is 0 Å². The first-order valence-electron chi connectivity index (χ1n) is 6.57. The van der Waals surface area contributed by atoms with Crippen LogP contribution in [0.3, 0.4) is 0 Å². The molecule has 0 radical (unpaired) electrons. The third-order valence-corrected chi connectivity index (χ3v) is 3.78. The van der Waals surface area contributed by atoms with Crippen LogP contribution in [0, 0.1) is 5.82 Å². The second-order valence-corrected chi connectivity index (χ2v) is 5.03. The first-order chi connectivity index (χ1) is 9.02. The number of piperazine rings is 1. The van der Waals surface area contributed by atoms with Gasteiger partial charge in [-0.1, -0.05) is 6.92 Å². The average molecular weight is 265 g/mol. The van der Waals surface area contributed by atoms with Crippen LogP contribution in [0.2, 0.25) is 0 Å². The zero-order chi connectivity index (χ0) is 14.0. The summed E-state index contributed by atoms with van der Waals surface area (Å²) >= 11 is 0. The molecular formula is C14H20FN3O. The Labute approximate surface area is 113 Å². The van der Waals surface area contributed by atoms with Gasteiger partial charge in [-0.15, -0.1) is 0 Å². The number of likely N-dealkylation sites (N-methyl/N-ethyl adjacent to an activating group) is 1. The molecule has 1 aliphatic rings. The number of nitrogens with zero attached hydrogens (tertiary/aromatic N) is 2. The molecule has 19 heavy (non-hydrogen) atoms. The van der Waals surface area contributed by atoms with E-state index in [1.807, 2.05) is 0 Å². The molecule has 1 aliphatic heterocycles. The van der Waals surface area contributed by atoms with Gasteiger partial charge in [0.1, 0.15) is 5.82 Å². The van der Waals surface area contributed by atoms with E-state index in [0.717, 1.165) is 13.0 Å². The fraction of sp³-hybridized carbons (Fsp3) is 0.500. The number of carbonyl (C=O) groups excluding carboxylic acids is 1. The highest BCUT2D eigenvalue weighted by atomic mass is 19.1. The third-order valence-electron chi connectivity index (χ3n) is 3.78. The first kappa shape index (κ1) is 13.8.